The van der Waals surface area contributed by atoms with Crippen LogP contribution in [0.25, 0.3) is 0 Å². The number of aliphatic hydroxyl groups is 1. The monoisotopic (exact) mass is 777 g/mol. The first-order chi connectivity index (χ1) is 26.0. The molecule has 10 atom stereocenters. The molecule has 0 spiro atoms. The second kappa shape index (κ2) is 19.8. The van der Waals surface area contributed by atoms with Crippen molar-refractivity contribution in [1.29, 1.82) is 0 Å². The molecule has 0 aromatic rings. The number of fused-ring (bicyclic) bond motifs is 3. The Morgan fingerprint density at radius 3 is 2.27 bits per heavy atom. The van der Waals surface area contributed by atoms with Gasteiger partial charge in [0.2, 0.25) is 11.6 Å². The molecule has 4 rings (SSSR count). The topological polar surface area (TPSA) is 138 Å². The highest BCUT2D eigenvalue weighted by atomic mass is 19.2. The lowest BCUT2D eigenvalue weighted by Gasteiger charge is -2.47. The summed E-state index contributed by atoms with van der Waals surface area (Å²) in [6, 6.07) is -1.05. The normalized spacial score (nSPS) is 40.7. The zero-order valence-corrected chi connectivity index (χ0v) is 34.8. The molecule has 0 radical (unpaired) electrons. The number of hydrogen-bond acceptors (Lipinski definition) is 10. The molecule has 1 saturated carbocycles. The molecule has 4 aliphatic rings. The third-order valence-electron chi connectivity index (χ3n) is 12.8. The molecule has 55 heavy (non-hydrogen) atoms. The molecular weight excluding hydrogens is 709 g/mol. The number of rotatable bonds is 6. The second-order valence-electron chi connectivity index (χ2n) is 17.1. The van der Waals surface area contributed by atoms with Gasteiger partial charge in [0.25, 0.3) is 11.7 Å². The van der Waals surface area contributed by atoms with E-state index in [1.807, 2.05) is 27.7 Å². The number of carbonyl (C=O) groups excluding carboxylic acids is 4. The van der Waals surface area contributed by atoms with Crippen molar-refractivity contribution in [3.05, 3.63) is 23.3 Å². The first-order valence-electron chi connectivity index (χ1n) is 20.6. The van der Waals surface area contributed by atoms with Crippen molar-refractivity contribution in [2.24, 2.45) is 29.6 Å². The number of amides is 1. The number of allylic oxidation sites excluding steroid dienone is 3. The predicted molar refractivity (Wildman–Crippen MR) is 205 cm³/mol. The Morgan fingerprint density at radius 1 is 1.00 bits per heavy atom. The third-order valence-corrected chi connectivity index (χ3v) is 12.8. The largest absolute Gasteiger partial charge is 0.456 e. The summed E-state index contributed by atoms with van der Waals surface area (Å²) in [5.41, 5.74) is 1.87. The number of nitrogens with zero attached hydrogens (tertiary/aromatic N) is 1. The number of piperidine rings is 1. The Labute approximate surface area is 328 Å². The zero-order chi connectivity index (χ0) is 40.7. The van der Waals surface area contributed by atoms with Gasteiger partial charge < -0.3 is 33.7 Å². The van der Waals surface area contributed by atoms with Crippen LogP contribution in [0.2, 0.25) is 0 Å². The van der Waals surface area contributed by atoms with Gasteiger partial charge in [0.05, 0.1) is 12.2 Å². The fourth-order valence-corrected chi connectivity index (χ4v) is 9.29. The predicted octanol–water partition coefficient (Wildman–Crippen LogP) is 6.83. The molecule has 312 valence electrons. The van der Waals surface area contributed by atoms with Crippen LogP contribution in [-0.4, -0.2) is 103 Å². The molecule has 12 heteroatoms. The summed E-state index contributed by atoms with van der Waals surface area (Å²) in [7, 11) is 4.48. The van der Waals surface area contributed by atoms with Crippen molar-refractivity contribution in [1.82, 2.24) is 4.90 Å². The summed E-state index contributed by atoms with van der Waals surface area (Å²) in [5.74, 6) is -7.95. The van der Waals surface area contributed by atoms with Gasteiger partial charge >= 0.3 is 5.97 Å². The molecule has 10 unspecified atom stereocenters. The number of esters is 1. The zero-order valence-electron chi connectivity index (χ0n) is 34.8. The lowest BCUT2D eigenvalue weighted by molar-refractivity contribution is -0.302. The van der Waals surface area contributed by atoms with Gasteiger partial charge in [-0.05, 0) is 101 Å². The highest BCUT2D eigenvalue weighted by molar-refractivity contribution is 6.39. The number of ether oxygens (including phenoxy) is 5. The SMILES string of the molecule is CCC1/C=C(\C)CC(C)CC(OC)C2OC(O)(C(=O)C(=O)N3CCCCC3C(=O)OC(C(C)=CC3CCC(F)(OC)CC3)C(C)CCC1=O)C(C)CC2OC. The van der Waals surface area contributed by atoms with E-state index < -0.39 is 65.7 Å². The Kier molecular flexibility index (Phi) is 16.2. The van der Waals surface area contributed by atoms with Gasteiger partial charge in [-0.15, -0.1) is 0 Å². The molecule has 1 amide bonds. The molecule has 11 nitrogen and oxygen atoms in total. The van der Waals surface area contributed by atoms with Crippen LogP contribution in [0.3, 0.4) is 0 Å². The standard InChI is InChI=1S/C43H68FNO10/c1-10-32-22-26(2)21-27(3)23-35(51-7)38-36(52-8)25-30(6)43(50,55-38)39(47)40(48)45-20-12-11-13-33(45)41(49)54-37(28(4)14-15-34(32)46)29(5)24-31-16-18-42(44,53-9)19-17-31/h22,24,27-28,30-33,35-38,50H,10-21,23,25H2,1-9H3/b26-22+,29-24?. The Morgan fingerprint density at radius 2 is 1.65 bits per heavy atom. The summed E-state index contributed by atoms with van der Waals surface area (Å²) in [5, 5.41) is 12.0. The molecule has 3 aliphatic heterocycles. The van der Waals surface area contributed by atoms with E-state index in [1.165, 1.54) is 12.0 Å². The van der Waals surface area contributed by atoms with Gasteiger partial charge in [-0.3, -0.25) is 14.4 Å². The van der Waals surface area contributed by atoms with Gasteiger partial charge in [0.15, 0.2) is 0 Å². The van der Waals surface area contributed by atoms with Crippen LogP contribution in [-0.2, 0) is 42.9 Å². The van der Waals surface area contributed by atoms with Crippen molar-refractivity contribution < 1.29 is 52.4 Å². The lowest BCUT2D eigenvalue weighted by Crippen LogP contribution is -2.64. The lowest BCUT2D eigenvalue weighted by atomic mass is 9.82. The first-order valence-corrected chi connectivity index (χ1v) is 20.6. The summed E-state index contributed by atoms with van der Waals surface area (Å²) >= 11 is 0. The van der Waals surface area contributed by atoms with Crippen molar-refractivity contribution in [3.8, 4) is 0 Å². The van der Waals surface area contributed by atoms with Crippen LogP contribution in [0.1, 0.15) is 125 Å². The van der Waals surface area contributed by atoms with Gasteiger partial charge in [0.1, 0.15) is 24.0 Å². The molecule has 2 saturated heterocycles. The summed E-state index contributed by atoms with van der Waals surface area (Å²) in [6.45, 7) is 11.8. The average Bonchev–Trinajstić information content (AvgIpc) is 3.17. The van der Waals surface area contributed by atoms with E-state index in [2.05, 4.69) is 19.1 Å². The fourth-order valence-electron chi connectivity index (χ4n) is 9.29. The minimum Gasteiger partial charge on any atom is -0.456 e. The minimum absolute atomic E-state index is 0.0551. The van der Waals surface area contributed by atoms with Crippen molar-refractivity contribution in [2.75, 3.05) is 27.9 Å². The molecule has 3 fully saturated rings. The second-order valence-corrected chi connectivity index (χ2v) is 17.1. The fraction of sp³-hybridized carbons (Fsp3) is 0.814. The number of hydrogen-bond donors (Lipinski definition) is 1. The quantitative estimate of drug-likeness (QED) is 0.174. The van der Waals surface area contributed by atoms with Gasteiger partial charge in [0, 0.05) is 59.0 Å². The van der Waals surface area contributed by atoms with Crippen molar-refractivity contribution in [3.63, 3.8) is 0 Å². The van der Waals surface area contributed by atoms with E-state index in [-0.39, 0.29) is 61.7 Å². The van der Waals surface area contributed by atoms with Gasteiger partial charge in [-0.2, -0.15) is 0 Å². The minimum atomic E-state index is -2.47. The van der Waals surface area contributed by atoms with E-state index in [1.54, 1.807) is 21.1 Å². The molecule has 3 heterocycles. The summed E-state index contributed by atoms with van der Waals surface area (Å²) in [6.07, 6.45) is 7.46. The first kappa shape index (κ1) is 45.2. The van der Waals surface area contributed by atoms with Crippen LogP contribution in [0.5, 0.6) is 0 Å². The number of ketones is 2. The van der Waals surface area contributed by atoms with E-state index in [4.69, 9.17) is 23.7 Å². The van der Waals surface area contributed by atoms with Crippen LogP contribution in [0.15, 0.2) is 23.3 Å². The molecule has 0 aromatic heterocycles. The highest BCUT2D eigenvalue weighted by Gasteiger charge is 2.56. The number of alkyl halides is 1. The smallest absolute Gasteiger partial charge is 0.329 e. The summed E-state index contributed by atoms with van der Waals surface area (Å²) < 4.78 is 44.3. The van der Waals surface area contributed by atoms with Crippen LogP contribution in [0.4, 0.5) is 4.39 Å². The van der Waals surface area contributed by atoms with Crippen LogP contribution < -0.4 is 0 Å². The third kappa shape index (κ3) is 10.9. The van der Waals surface area contributed by atoms with E-state index >= 15 is 0 Å². The highest BCUT2D eigenvalue weighted by Crippen LogP contribution is 2.40. The number of Topliss-reactive ketones (excluding diaryl/α,β-unsaturated/α-hetero) is 2. The maximum Gasteiger partial charge on any atom is 0.329 e. The van der Waals surface area contributed by atoms with Crippen molar-refractivity contribution in [2.45, 2.75) is 167 Å². The molecular formula is C43H68FNO10. The number of methoxy groups -OCH3 is 3. The Balaban J connectivity index is 1.72. The van der Waals surface area contributed by atoms with E-state index in [0.717, 1.165) is 11.1 Å². The molecule has 1 N–H and O–H groups in total. The van der Waals surface area contributed by atoms with E-state index in [9.17, 15) is 28.7 Å². The summed E-state index contributed by atoms with van der Waals surface area (Å²) in [4.78, 5) is 57.5. The van der Waals surface area contributed by atoms with Crippen LogP contribution in [0, 0.1) is 29.6 Å². The van der Waals surface area contributed by atoms with E-state index in [0.29, 0.717) is 57.8 Å². The molecule has 0 aromatic carbocycles. The number of cyclic esters (lactones) is 1. The molecule has 1 aliphatic carbocycles. The Bertz CT molecular complexity index is 1410. The molecule has 2 bridgehead atoms. The van der Waals surface area contributed by atoms with Crippen molar-refractivity contribution >= 4 is 23.4 Å². The maximum absolute atomic E-state index is 14.9. The Hall–Kier alpha value is -2.51. The number of halogens is 1. The van der Waals surface area contributed by atoms with Gasteiger partial charge in [-0.1, -0.05) is 45.4 Å². The number of carbonyl (C=O) groups is 4. The maximum atomic E-state index is 14.9. The average molecular weight is 778 g/mol. The van der Waals surface area contributed by atoms with Gasteiger partial charge in [-0.25, -0.2) is 9.18 Å². The van der Waals surface area contributed by atoms with Crippen LogP contribution >= 0.6 is 0 Å².